The number of aromatic nitrogens is 1. The number of halogens is 1. The number of rotatable bonds is 5. The van der Waals surface area contributed by atoms with Gasteiger partial charge < -0.3 is 4.42 Å². The summed E-state index contributed by atoms with van der Waals surface area (Å²) in [6.07, 6.45) is 6.73. The van der Waals surface area contributed by atoms with Crippen molar-refractivity contribution in [1.29, 1.82) is 0 Å². The lowest BCUT2D eigenvalue weighted by molar-refractivity contribution is 0.0883. The van der Waals surface area contributed by atoms with Crippen molar-refractivity contribution in [2.24, 2.45) is 11.8 Å². The molecule has 2 rings (SSSR count). The molecule has 3 nitrogen and oxygen atoms in total. The number of aryl methyl sites for hydroxylation is 1. The van der Waals surface area contributed by atoms with E-state index in [9.17, 15) is 4.79 Å². The van der Waals surface area contributed by atoms with E-state index in [1.54, 1.807) is 0 Å². The maximum atomic E-state index is 12.3. The molecule has 0 amide bonds. The van der Waals surface area contributed by atoms with Gasteiger partial charge in [-0.3, -0.25) is 4.79 Å². The van der Waals surface area contributed by atoms with Gasteiger partial charge in [0.2, 0.25) is 5.78 Å². The van der Waals surface area contributed by atoms with Gasteiger partial charge in [-0.2, -0.15) is 0 Å². The van der Waals surface area contributed by atoms with E-state index in [1.165, 1.54) is 0 Å². The smallest absolute Gasteiger partial charge is 0.264 e. The van der Waals surface area contributed by atoms with E-state index >= 15 is 0 Å². The van der Waals surface area contributed by atoms with E-state index in [4.69, 9.17) is 4.42 Å². The number of ketones is 1. The van der Waals surface area contributed by atoms with E-state index in [-0.39, 0.29) is 11.7 Å². The minimum Gasteiger partial charge on any atom is -0.438 e. The third-order valence-corrected chi connectivity index (χ3v) is 4.13. The zero-order chi connectivity index (χ0) is 13.1. The molecule has 18 heavy (non-hydrogen) atoms. The molecule has 4 heteroatoms. The molecule has 1 atom stereocenters. The van der Waals surface area contributed by atoms with Crippen molar-refractivity contribution in [2.75, 3.05) is 4.43 Å². The summed E-state index contributed by atoms with van der Waals surface area (Å²) < 4.78 is 6.43. The van der Waals surface area contributed by atoms with Gasteiger partial charge in [0.25, 0.3) is 5.89 Å². The molecule has 1 aromatic rings. The highest BCUT2D eigenvalue weighted by Crippen LogP contribution is 2.24. The van der Waals surface area contributed by atoms with Crippen LogP contribution in [0.4, 0.5) is 0 Å². The first-order valence-corrected chi connectivity index (χ1v) is 7.90. The third-order valence-electron chi connectivity index (χ3n) is 3.07. The van der Waals surface area contributed by atoms with E-state index < -0.39 is 0 Å². The number of allylic oxidation sites excluding steroid dienone is 1. The van der Waals surface area contributed by atoms with E-state index in [0.717, 1.165) is 35.1 Å². The molecule has 0 aromatic carbocycles. The Morgan fingerprint density at radius 1 is 1.56 bits per heavy atom. The number of Topliss-reactive ketones (excluding diaryl/α,β-unsaturated/α-hetero) is 1. The van der Waals surface area contributed by atoms with Gasteiger partial charge in [-0.05, 0) is 24.8 Å². The van der Waals surface area contributed by atoms with Crippen LogP contribution in [0.1, 0.15) is 48.8 Å². The summed E-state index contributed by atoms with van der Waals surface area (Å²) in [5.74, 6) is 1.75. The molecular weight excluding hydrogens is 341 g/mol. The van der Waals surface area contributed by atoms with Crippen LogP contribution in [0, 0.1) is 11.8 Å². The minimum absolute atomic E-state index is 0.0229. The number of oxazole rings is 1. The van der Waals surface area contributed by atoms with Gasteiger partial charge in [0, 0.05) is 16.8 Å². The number of carbonyl (C=O) groups excluding carboxylic acids is 1. The molecule has 1 heterocycles. The third kappa shape index (κ3) is 3.02. The van der Waals surface area contributed by atoms with Crippen molar-refractivity contribution in [1.82, 2.24) is 4.98 Å². The second-order valence-corrected chi connectivity index (χ2v) is 5.99. The summed E-state index contributed by atoms with van der Waals surface area (Å²) in [5, 5.41) is 0. The summed E-state index contributed by atoms with van der Waals surface area (Å²) in [7, 11) is 0. The topological polar surface area (TPSA) is 43.1 Å². The fraction of sp³-hybridized carbons (Fsp3) is 0.571. The summed E-state index contributed by atoms with van der Waals surface area (Å²) in [4.78, 5) is 16.7. The van der Waals surface area contributed by atoms with Crippen molar-refractivity contribution in [3.05, 3.63) is 23.4 Å². The monoisotopic (exact) mass is 359 g/mol. The van der Waals surface area contributed by atoms with Crippen LogP contribution in [0.2, 0.25) is 0 Å². The largest absolute Gasteiger partial charge is 0.438 e. The zero-order valence-corrected chi connectivity index (χ0v) is 12.9. The summed E-state index contributed by atoms with van der Waals surface area (Å²) in [6, 6.07) is 0. The molecule has 0 fully saturated rings. The van der Waals surface area contributed by atoms with Crippen LogP contribution in [0.25, 0.3) is 6.08 Å². The first kappa shape index (κ1) is 13.8. The number of fused-ring (bicyclic) bond motifs is 1. The lowest BCUT2D eigenvalue weighted by Crippen LogP contribution is -2.18. The molecule has 0 spiro atoms. The van der Waals surface area contributed by atoms with E-state index in [1.807, 2.05) is 6.08 Å². The number of hydrogen-bond donors (Lipinski definition) is 0. The van der Waals surface area contributed by atoms with Crippen LogP contribution >= 0.6 is 22.6 Å². The number of nitrogens with zero attached hydrogens (tertiary/aromatic N) is 1. The quantitative estimate of drug-likeness (QED) is 0.455. The molecule has 1 aliphatic rings. The molecule has 98 valence electrons. The second kappa shape index (κ2) is 5.99. The fourth-order valence-corrected chi connectivity index (χ4v) is 2.93. The Bertz CT molecular complexity index is 462. The van der Waals surface area contributed by atoms with Crippen molar-refractivity contribution < 1.29 is 9.21 Å². The van der Waals surface area contributed by atoms with E-state index in [0.29, 0.717) is 11.8 Å². The molecule has 0 radical (unpaired) electrons. The van der Waals surface area contributed by atoms with E-state index in [2.05, 4.69) is 47.5 Å². The van der Waals surface area contributed by atoms with Crippen molar-refractivity contribution in [2.45, 2.75) is 33.1 Å². The van der Waals surface area contributed by atoms with Gasteiger partial charge in [0.1, 0.15) is 11.5 Å². The van der Waals surface area contributed by atoms with Crippen molar-refractivity contribution >= 4 is 34.5 Å². The predicted molar refractivity (Wildman–Crippen MR) is 80.0 cm³/mol. The number of alkyl halides is 1. The second-order valence-electron chi connectivity index (χ2n) is 5.11. The van der Waals surface area contributed by atoms with Crippen LogP contribution in [-0.2, 0) is 6.42 Å². The first-order valence-electron chi connectivity index (χ1n) is 6.38. The summed E-state index contributed by atoms with van der Waals surface area (Å²) >= 11 is 2.27. The van der Waals surface area contributed by atoms with Gasteiger partial charge in [0.15, 0.2) is 0 Å². The van der Waals surface area contributed by atoms with Crippen LogP contribution in [-0.4, -0.2) is 15.2 Å². The molecule has 0 bridgehead atoms. The van der Waals surface area contributed by atoms with Crippen LogP contribution < -0.4 is 0 Å². The highest BCUT2D eigenvalue weighted by molar-refractivity contribution is 14.1. The highest BCUT2D eigenvalue weighted by atomic mass is 127. The fourth-order valence-electron chi connectivity index (χ4n) is 2.17. The molecular formula is C14H18INO2. The Balaban J connectivity index is 2.17. The molecule has 0 N–H and O–H groups in total. The Kier molecular flexibility index (Phi) is 4.59. The van der Waals surface area contributed by atoms with Crippen LogP contribution in [0.15, 0.2) is 10.5 Å². The normalized spacial score (nSPS) is 15.8. The minimum atomic E-state index is 0.0229. The molecule has 1 aromatic heterocycles. The molecule has 1 unspecified atom stereocenters. The van der Waals surface area contributed by atoms with Gasteiger partial charge >= 0.3 is 0 Å². The lowest BCUT2D eigenvalue weighted by atomic mass is 9.95. The first-order chi connectivity index (χ1) is 8.61. The maximum Gasteiger partial charge on any atom is 0.264 e. The van der Waals surface area contributed by atoms with Gasteiger partial charge in [0.05, 0.1) is 0 Å². The summed E-state index contributed by atoms with van der Waals surface area (Å²) in [5.41, 5.74) is 0.835. The zero-order valence-electron chi connectivity index (χ0n) is 10.8. The summed E-state index contributed by atoms with van der Waals surface area (Å²) in [6.45, 7) is 4.27. The predicted octanol–water partition coefficient (Wildman–Crippen LogP) is 3.91. The average molecular weight is 359 g/mol. The Morgan fingerprint density at radius 2 is 2.33 bits per heavy atom. The SMILES string of the molecule is CC(C)CC(CI)C(=O)c1nc2c(o1)CCC=C2. The van der Waals surface area contributed by atoms with Gasteiger partial charge in [-0.15, -0.1) is 0 Å². The average Bonchev–Trinajstić information content (AvgIpc) is 2.78. The van der Waals surface area contributed by atoms with Crippen molar-refractivity contribution in [3.8, 4) is 0 Å². The highest BCUT2D eigenvalue weighted by Gasteiger charge is 2.26. The standard InChI is InChI=1S/C14H18INO2/c1-9(2)7-10(8-15)13(17)14-16-11-5-3-4-6-12(11)18-14/h3,5,9-10H,4,6-8H2,1-2H3. The lowest BCUT2D eigenvalue weighted by Gasteiger charge is -2.12. The van der Waals surface area contributed by atoms with Crippen LogP contribution in [0.5, 0.6) is 0 Å². The molecule has 0 saturated carbocycles. The molecule has 0 aliphatic heterocycles. The Hall–Kier alpha value is -0.650. The maximum absolute atomic E-state index is 12.3. The number of carbonyl (C=O) groups is 1. The van der Waals surface area contributed by atoms with Crippen LogP contribution in [0.3, 0.4) is 0 Å². The van der Waals surface area contributed by atoms with Gasteiger partial charge in [-0.25, -0.2) is 4.98 Å². The number of hydrogen-bond acceptors (Lipinski definition) is 3. The molecule has 1 aliphatic carbocycles. The van der Waals surface area contributed by atoms with Gasteiger partial charge in [-0.1, -0.05) is 42.5 Å². The Morgan fingerprint density at radius 3 is 2.94 bits per heavy atom. The Labute approximate surface area is 121 Å². The molecule has 0 saturated heterocycles. The van der Waals surface area contributed by atoms with Crippen molar-refractivity contribution in [3.63, 3.8) is 0 Å².